The SMILES string of the molecule is Cc1ccccc1C(CC(=O)O)NC(=O)C1CC=CC1. The normalized spacial score (nSPS) is 16.1. The van der Waals surface area contributed by atoms with Gasteiger partial charge in [-0.3, -0.25) is 9.59 Å². The number of aryl methyl sites for hydroxylation is 1. The minimum Gasteiger partial charge on any atom is -0.481 e. The zero-order chi connectivity index (χ0) is 14.5. The van der Waals surface area contributed by atoms with Crippen LogP contribution in [0.5, 0.6) is 0 Å². The molecule has 1 unspecified atom stereocenters. The van der Waals surface area contributed by atoms with Crippen molar-refractivity contribution in [2.24, 2.45) is 5.92 Å². The molecule has 1 aromatic rings. The van der Waals surface area contributed by atoms with Crippen LogP contribution in [-0.4, -0.2) is 17.0 Å². The maximum Gasteiger partial charge on any atom is 0.305 e. The summed E-state index contributed by atoms with van der Waals surface area (Å²) < 4.78 is 0. The highest BCUT2D eigenvalue weighted by Gasteiger charge is 2.24. The molecule has 1 amide bonds. The molecule has 1 aromatic carbocycles. The van der Waals surface area contributed by atoms with Crippen LogP contribution in [0.4, 0.5) is 0 Å². The van der Waals surface area contributed by atoms with E-state index in [0.29, 0.717) is 0 Å². The summed E-state index contributed by atoms with van der Waals surface area (Å²) in [6, 6.07) is 7.09. The van der Waals surface area contributed by atoms with E-state index in [9.17, 15) is 9.59 Å². The number of carbonyl (C=O) groups is 2. The summed E-state index contributed by atoms with van der Waals surface area (Å²) in [7, 11) is 0. The monoisotopic (exact) mass is 273 g/mol. The first-order valence-corrected chi connectivity index (χ1v) is 6.80. The lowest BCUT2D eigenvalue weighted by Crippen LogP contribution is -2.34. The fourth-order valence-corrected chi connectivity index (χ4v) is 2.51. The van der Waals surface area contributed by atoms with E-state index >= 15 is 0 Å². The number of carbonyl (C=O) groups excluding carboxylic acids is 1. The zero-order valence-corrected chi connectivity index (χ0v) is 11.5. The number of nitrogens with one attached hydrogen (secondary N) is 1. The molecule has 20 heavy (non-hydrogen) atoms. The maximum absolute atomic E-state index is 12.2. The van der Waals surface area contributed by atoms with E-state index in [2.05, 4.69) is 5.32 Å². The van der Waals surface area contributed by atoms with Gasteiger partial charge in [0.1, 0.15) is 0 Å². The average Bonchev–Trinajstić information content (AvgIpc) is 2.92. The molecular weight excluding hydrogens is 254 g/mol. The van der Waals surface area contributed by atoms with Gasteiger partial charge < -0.3 is 10.4 Å². The molecule has 1 atom stereocenters. The van der Waals surface area contributed by atoms with Crippen molar-refractivity contribution in [1.29, 1.82) is 0 Å². The van der Waals surface area contributed by atoms with Crippen molar-refractivity contribution in [2.75, 3.05) is 0 Å². The van der Waals surface area contributed by atoms with E-state index in [-0.39, 0.29) is 18.2 Å². The molecule has 0 aliphatic heterocycles. The van der Waals surface area contributed by atoms with Gasteiger partial charge in [0.2, 0.25) is 5.91 Å². The maximum atomic E-state index is 12.2. The Bertz CT molecular complexity index is 528. The van der Waals surface area contributed by atoms with Crippen molar-refractivity contribution < 1.29 is 14.7 Å². The molecule has 0 saturated heterocycles. The van der Waals surface area contributed by atoms with Gasteiger partial charge in [0.05, 0.1) is 12.5 Å². The molecule has 4 nitrogen and oxygen atoms in total. The second-order valence-corrected chi connectivity index (χ2v) is 5.16. The molecule has 4 heteroatoms. The van der Waals surface area contributed by atoms with Gasteiger partial charge in [-0.15, -0.1) is 0 Å². The van der Waals surface area contributed by atoms with E-state index < -0.39 is 12.0 Å². The van der Waals surface area contributed by atoms with Crippen LogP contribution in [0.15, 0.2) is 36.4 Å². The van der Waals surface area contributed by atoms with E-state index in [1.54, 1.807) is 0 Å². The summed E-state index contributed by atoms with van der Waals surface area (Å²) in [5.74, 6) is -1.04. The third-order valence-corrected chi connectivity index (χ3v) is 3.64. The third kappa shape index (κ3) is 3.47. The minimum atomic E-state index is -0.914. The summed E-state index contributed by atoms with van der Waals surface area (Å²) in [6.45, 7) is 1.92. The summed E-state index contributed by atoms with van der Waals surface area (Å²) in [5.41, 5.74) is 1.86. The van der Waals surface area contributed by atoms with Gasteiger partial charge >= 0.3 is 5.97 Å². The van der Waals surface area contributed by atoms with Crippen LogP contribution < -0.4 is 5.32 Å². The number of hydrogen-bond donors (Lipinski definition) is 2. The second-order valence-electron chi connectivity index (χ2n) is 5.16. The van der Waals surface area contributed by atoms with Gasteiger partial charge in [0.15, 0.2) is 0 Å². The van der Waals surface area contributed by atoms with Crippen molar-refractivity contribution in [3.05, 3.63) is 47.5 Å². The highest BCUT2D eigenvalue weighted by molar-refractivity contribution is 5.80. The number of hydrogen-bond acceptors (Lipinski definition) is 2. The van der Waals surface area contributed by atoms with Crippen molar-refractivity contribution in [1.82, 2.24) is 5.32 Å². The number of allylic oxidation sites excluding steroid dienone is 2. The highest BCUT2D eigenvalue weighted by Crippen LogP contribution is 2.23. The summed E-state index contributed by atoms with van der Waals surface area (Å²) in [6.07, 6.45) is 5.35. The Morgan fingerprint density at radius 1 is 1.30 bits per heavy atom. The zero-order valence-electron chi connectivity index (χ0n) is 11.5. The molecule has 0 radical (unpaired) electrons. The minimum absolute atomic E-state index is 0.0599. The summed E-state index contributed by atoms with van der Waals surface area (Å²) >= 11 is 0. The predicted octanol–water partition coefficient (Wildman–Crippen LogP) is 2.59. The number of benzene rings is 1. The summed E-state index contributed by atoms with van der Waals surface area (Å²) in [5, 5.41) is 11.9. The molecule has 1 aliphatic rings. The Labute approximate surface area is 118 Å². The second kappa shape index (κ2) is 6.37. The molecule has 106 valence electrons. The van der Waals surface area contributed by atoms with Gasteiger partial charge in [-0.2, -0.15) is 0 Å². The van der Waals surface area contributed by atoms with Gasteiger partial charge in [0.25, 0.3) is 0 Å². The molecule has 0 aromatic heterocycles. The van der Waals surface area contributed by atoms with Crippen LogP contribution >= 0.6 is 0 Å². The number of amides is 1. The first-order valence-electron chi connectivity index (χ1n) is 6.80. The average molecular weight is 273 g/mol. The third-order valence-electron chi connectivity index (χ3n) is 3.64. The van der Waals surface area contributed by atoms with Gasteiger partial charge in [0, 0.05) is 5.92 Å². The molecule has 0 heterocycles. The fraction of sp³-hybridized carbons (Fsp3) is 0.375. The lowest BCUT2D eigenvalue weighted by molar-refractivity contribution is -0.137. The van der Waals surface area contributed by atoms with Crippen LogP contribution in [0.1, 0.15) is 36.4 Å². The largest absolute Gasteiger partial charge is 0.481 e. The molecule has 0 bridgehead atoms. The van der Waals surface area contributed by atoms with Crippen molar-refractivity contribution in [3.63, 3.8) is 0 Å². The van der Waals surface area contributed by atoms with Crippen LogP contribution in [0.25, 0.3) is 0 Å². The predicted molar refractivity (Wildman–Crippen MR) is 76.2 cm³/mol. The first kappa shape index (κ1) is 14.3. The Kier molecular flexibility index (Phi) is 4.56. The van der Waals surface area contributed by atoms with E-state index in [1.807, 2.05) is 43.3 Å². The van der Waals surface area contributed by atoms with E-state index in [0.717, 1.165) is 24.0 Å². The molecule has 2 rings (SSSR count). The van der Waals surface area contributed by atoms with Crippen LogP contribution in [-0.2, 0) is 9.59 Å². The summed E-state index contributed by atoms with van der Waals surface area (Å²) in [4.78, 5) is 23.2. The molecule has 1 aliphatic carbocycles. The van der Waals surface area contributed by atoms with Crippen molar-refractivity contribution in [3.8, 4) is 0 Å². The first-order chi connectivity index (χ1) is 9.58. The lowest BCUT2D eigenvalue weighted by Gasteiger charge is -2.21. The number of rotatable bonds is 5. The van der Waals surface area contributed by atoms with E-state index in [1.165, 1.54) is 0 Å². The molecule has 0 saturated carbocycles. The topological polar surface area (TPSA) is 66.4 Å². The Morgan fingerprint density at radius 2 is 1.95 bits per heavy atom. The Morgan fingerprint density at radius 3 is 2.55 bits per heavy atom. The van der Waals surface area contributed by atoms with Crippen molar-refractivity contribution in [2.45, 2.75) is 32.2 Å². The van der Waals surface area contributed by atoms with Crippen LogP contribution in [0, 0.1) is 12.8 Å². The van der Waals surface area contributed by atoms with Crippen LogP contribution in [0.3, 0.4) is 0 Å². The lowest BCUT2D eigenvalue weighted by atomic mass is 9.97. The molecule has 0 spiro atoms. The van der Waals surface area contributed by atoms with E-state index in [4.69, 9.17) is 5.11 Å². The number of aliphatic carboxylic acids is 1. The van der Waals surface area contributed by atoms with Gasteiger partial charge in [-0.25, -0.2) is 0 Å². The van der Waals surface area contributed by atoms with Gasteiger partial charge in [-0.05, 0) is 30.9 Å². The Hall–Kier alpha value is -2.10. The highest BCUT2D eigenvalue weighted by atomic mass is 16.4. The quantitative estimate of drug-likeness (QED) is 0.810. The number of carboxylic acid groups (broad SMARTS) is 1. The smallest absolute Gasteiger partial charge is 0.305 e. The van der Waals surface area contributed by atoms with Crippen molar-refractivity contribution >= 4 is 11.9 Å². The molecule has 0 fully saturated rings. The molecule has 2 N–H and O–H groups in total. The fourth-order valence-electron chi connectivity index (χ4n) is 2.51. The van der Waals surface area contributed by atoms with Crippen LogP contribution in [0.2, 0.25) is 0 Å². The number of carboxylic acids is 1. The Balaban J connectivity index is 2.13. The standard InChI is InChI=1S/C16H19NO3/c1-11-6-2-5-9-13(11)14(10-15(18)19)17-16(20)12-7-3-4-8-12/h2-6,9,12,14H,7-8,10H2,1H3,(H,17,20)(H,18,19). The molecular formula is C16H19NO3. The van der Waals surface area contributed by atoms with Gasteiger partial charge in [-0.1, -0.05) is 36.4 Å².